The van der Waals surface area contributed by atoms with Crippen molar-refractivity contribution in [1.29, 1.82) is 0 Å². The van der Waals surface area contributed by atoms with Crippen LogP contribution in [0.4, 0.5) is 5.69 Å². The number of anilines is 1. The predicted octanol–water partition coefficient (Wildman–Crippen LogP) is 1.39. The molecule has 0 aliphatic rings. The molecule has 0 unspecified atom stereocenters. The minimum atomic E-state index is 0.562. The highest BCUT2D eigenvalue weighted by Gasteiger charge is 2.07. The van der Waals surface area contributed by atoms with E-state index in [0.717, 1.165) is 30.2 Å². The first kappa shape index (κ1) is 12.6. The minimum absolute atomic E-state index is 0.562. The van der Waals surface area contributed by atoms with Gasteiger partial charge in [0.15, 0.2) is 0 Å². The number of nitrogens with zero attached hydrogens (tertiary/aromatic N) is 4. The fourth-order valence-electron chi connectivity index (χ4n) is 1.90. The fourth-order valence-corrected chi connectivity index (χ4v) is 1.90. The molecular formula is C13H19N5. The summed E-state index contributed by atoms with van der Waals surface area (Å²) in [7, 11) is 2.05. The molecule has 0 spiro atoms. The van der Waals surface area contributed by atoms with Gasteiger partial charge in [0.05, 0.1) is 6.54 Å². The average molecular weight is 245 g/mol. The molecule has 18 heavy (non-hydrogen) atoms. The highest BCUT2D eigenvalue weighted by molar-refractivity contribution is 5.47. The first-order chi connectivity index (χ1) is 8.74. The number of hydrogen-bond donors (Lipinski definition) is 1. The van der Waals surface area contributed by atoms with Crippen LogP contribution in [0.15, 0.2) is 30.6 Å². The van der Waals surface area contributed by atoms with Gasteiger partial charge in [0, 0.05) is 25.8 Å². The molecule has 0 radical (unpaired) electrons. The van der Waals surface area contributed by atoms with Gasteiger partial charge in [0.1, 0.15) is 12.2 Å². The van der Waals surface area contributed by atoms with Crippen molar-refractivity contribution in [3.8, 4) is 0 Å². The van der Waals surface area contributed by atoms with Crippen LogP contribution in [0.1, 0.15) is 18.3 Å². The molecule has 0 amide bonds. The third-order valence-corrected chi connectivity index (χ3v) is 2.96. The van der Waals surface area contributed by atoms with Gasteiger partial charge in [-0.05, 0) is 24.6 Å². The van der Waals surface area contributed by atoms with Crippen molar-refractivity contribution in [3.63, 3.8) is 0 Å². The Kier molecular flexibility index (Phi) is 3.94. The van der Waals surface area contributed by atoms with Gasteiger partial charge in [-0.15, -0.1) is 0 Å². The molecule has 1 heterocycles. The maximum atomic E-state index is 5.66. The lowest BCUT2D eigenvalue weighted by Gasteiger charge is -2.19. The van der Waals surface area contributed by atoms with Crippen molar-refractivity contribution < 1.29 is 0 Å². The summed E-state index contributed by atoms with van der Waals surface area (Å²) in [6.07, 6.45) is 1.60. The molecule has 0 aliphatic heterocycles. The van der Waals surface area contributed by atoms with Crippen LogP contribution >= 0.6 is 0 Å². The van der Waals surface area contributed by atoms with Gasteiger partial charge in [-0.2, -0.15) is 5.10 Å². The van der Waals surface area contributed by atoms with Crippen molar-refractivity contribution in [3.05, 3.63) is 42.0 Å². The van der Waals surface area contributed by atoms with Crippen molar-refractivity contribution in [1.82, 2.24) is 14.8 Å². The summed E-state index contributed by atoms with van der Waals surface area (Å²) in [4.78, 5) is 6.43. The zero-order valence-electron chi connectivity index (χ0n) is 10.9. The Hall–Kier alpha value is -1.88. The number of aryl methyl sites for hydroxylation is 1. The second-order valence-electron chi connectivity index (χ2n) is 4.22. The minimum Gasteiger partial charge on any atom is -0.367 e. The molecule has 5 nitrogen and oxygen atoms in total. The number of aromatic nitrogens is 3. The lowest BCUT2D eigenvalue weighted by atomic mass is 10.2. The highest BCUT2D eigenvalue weighted by atomic mass is 15.3. The molecule has 2 aromatic rings. The lowest BCUT2D eigenvalue weighted by Crippen LogP contribution is -2.20. The van der Waals surface area contributed by atoms with E-state index in [1.165, 1.54) is 0 Å². The van der Waals surface area contributed by atoms with Gasteiger partial charge in [-0.1, -0.05) is 12.1 Å². The molecule has 96 valence electrons. The Morgan fingerprint density at radius 3 is 2.94 bits per heavy atom. The van der Waals surface area contributed by atoms with Crippen LogP contribution in [0.25, 0.3) is 0 Å². The van der Waals surface area contributed by atoms with Crippen molar-refractivity contribution >= 4 is 5.69 Å². The van der Waals surface area contributed by atoms with Gasteiger partial charge in [-0.25, -0.2) is 9.67 Å². The van der Waals surface area contributed by atoms with E-state index < -0.39 is 0 Å². The maximum Gasteiger partial charge on any atom is 0.146 e. The smallest absolute Gasteiger partial charge is 0.146 e. The average Bonchev–Trinajstić information content (AvgIpc) is 2.86. The van der Waals surface area contributed by atoms with E-state index in [1.54, 1.807) is 6.33 Å². The number of rotatable bonds is 5. The number of benzene rings is 1. The largest absolute Gasteiger partial charge is 0.367 e. The van der Waals surface area contributed by atoms with E-state index in [4.69, 9.17) is 5.73 Å². The Morgan fingerprint density at radius 2 is 2.22 bits per heavy atom. The van der Waals surface area contributed by atoms with Crippen molar-refractivity contribution in [2.45, 2.75) is 26.6 Å². The van der Waals surface area contributed by atoms with Crippen LogP contribution in [0.5, 0.6) is 0 Å². The SMILES string of the molecule is CCn1ncnc1CN(C)c1cccc(CN)c1. The summed E-state index contributed by atoms with van der Waals surface area (Å²) in [5.41, 5.74) is 7.93. The Morgan fingerprint density at radius 1 is 1.39 bits per heavy atom. The van der Waals surface area contributed by atoms with Crippen molar-refractivity contribution in [2.24, 2.45) is 5.73 Å². The first-order valence-electron chi connectivity index (χ1n) is 6.11. The quantitative estimate of drug-likeness (QED) is 0.865. The van der Waals surface area contributed by atoms with Gasteiger partial charge in [0.2, 0.25) is 0 Å². The molecule has 0 atom stereocenters. The van der Waals surface area contributed by atoms with E-state index >= 15 is 0 Å². The molecule has 1 aromatic heterocycles. The standard InChI is InChI=1S/C13H19N5/c1-3-18-13(15-10-16-18)9-17(2)12-6-4-5-11(7-12)8-14/h4-7,10H,3,8-9,14H2,1-2H3. The molecule has 2 N–H and O–H groups in total. The molecular weight excluding hydrogens is 226 g/mol. The maximum absolute atomic E-state index is 5.66. The summed E-state index contributed by atoms with van der Waals surface area (Å²) in [5.74, 6) is 0.971. The molecule has 2 rings (SSSR count). The fraction of sp³-hybridized carbons (Fsp3) is 0.385. The normalized spacial score (nSPS) is 10.6. The van der Waals surface area contributed by atoms with E-state index in [1.807, 2.05) is 23.9 Å². The Balaban J connectivity index is 2.13. The van der Waals surface area contributed by atoms with Crippen LogP contribution in [-0.2, 0) is 19.6 Å². The molecule has 0 saturated heterocycles. The van der Waals surface area contributed by atoms with E-state index in [9.17, 15) is 0 Å². The first-order valence-corrected chi connectivity index (χ1v) is 6.11. The third kappa shape index (κ3) is 2.68. The third-order valence-electron chi connectivity index (χ3n) is 2.96. The topological polar surface area (TPSA) is 60.0 Å². The van der Waals surface area contributed by atoms with Gasteiger partial charge in [0.25, 0.3) is 0 Å². The lowest BCUT2D eigenvalue weighted by molar-refractivity contribution is 0.610. The summed E-state index contributed by atoms with van der Waals surface area (Å²) in [5, 5.41) is 4.17. The Labute approximate surface area is 107 Å². The van der Waals surface area contributed by atoms with Gasteiger partial charge >= 0.3 is 0 Å². The van der Waals surface area contributed by atoms with Crippen LogP contribution in [0.2, 0.25) is 0 Å². The van der Waals surface area contributed by atoms with Crippen LogP contribution in [-0.4, -0.2) is 21.8 Å². The molecule has 5 heteroatoms. The predicted molar refractivity (Wildman–Crippen MR) is 72.1 cm³/mol. The Bertz CT molecular complexity index is 506. The summed E-state index contributed by atoms with van der Waals surface area (Å²) in [6, 6.07) is 8.24. The van der Waals surface area contributed by atoms with Gasteiger partial charge in [-0.3, -0.25) is 0 Å². The molecule has 0 aliphatic carbocycles. The summed E-state index contributed by atoms with van der Waals surface area (Å²) in [6.45, 7) is 4.20. The molecule has 0 saturated carbocycles. The summed E-state index contributed by atoms with van der Waals surface area (Å²) < 4.78 is 1.91. The highest BCUT2D eigenvalue weighted by Crippen LogP contribution is 2.16. The van der Waals surface area contributed by atoms with Crippen LogP contribution in [0, 0.1) is 0 Å². The van der Waals surface area contributed by atoms with Crippen molar-refractivity contribution in [2.75, 3.05) is 11.9 Å². The van der Waals surface area contributed by atoms with Gasteiger partial charge < -0.3 is 10.6 Å². The number of hydrogen-bond acceptors (Lipinski definition) is 4. The second-order valence-corrected chi connectivity index (χ2v) is 4.22. The van der Waals surface area contributed by atoms with E-state index in [0.29, 0.717) is 6.54 Å². The second kappa shape index (κ2) is 5.64. The zero-order valence-corrected chi connectivity index (χ0v) is 10.9. The monoisotopic (exact) mass is 245 g/mol. The molecule has 0 fully saturated rings. The van der Waals surface area contributed by atoms with Crippen LogP contribution in [0.3, 0.4) is 0 Å². The summed E-state index contributed by atoms with van der Waals surface area (Å²) >= 11 is 0. The zero-order chi connectivity index (χ0) is 13.0. The molecule has 1 aromatic carbocycles. The van der Waals surface area contributed by atoms with Crippen LogP contribution < -0.4 is 10.6 Å². The van der Waals surface area contributed by atoms with E-state index in [2.05, 4.69) is 34.0 Å². The number of nitrogens with two attached hydrogens (primary N) is 1. The molecule has 0 bridgehead atoms. The van der Waals surface area contributed by atoms with E-state index in [-0.39, 0.29) is 0 Å².